The molecule has 2 aliphatic rings. The summed E-state index contributed by atoms with van der Waals surface area (Å²) in [6.45, 7) is 6.04. The van der Waals surface area contributed by atoms with Crippen molar-refractivity contribution in [3.05, 3.63) is 17.5 Å². The Morgan fingerprint density at radius 2 is 2.00 bits per heavy atom. The molecule has 0 aliphatic carbocycles. The summed E-state index contributed by atoms with van der Waals surface area (Å²) >= 11 is 0. The maximum absolute atomic E-state index is 12.4. The Labute approximate surface area is 125 Å². The van der Waals surface area contributed by atoms with Gasteiger partial charge in [-0.05, 0) is 50.3 Å². The van der Waals surface area contributed by atoms with Gasteiger partial charge >= 0.3 is 0 Å². The van der Waals surface area contributed by atoms with Crippen LogP contribution in [0.25, 0.3) is 0 Å². The summed E-state index contributed by atoms with van der Waals surface area (Å²) in [6, 6.07) is 1.88. The molecule has 0 aromatic carbocycles. The maximum atomic E-state index is 12.4. The minimum Gasteiger partial charge on any atom is -0.337 e. The number of aryl methyl sites for hydroxylation is 1. The number of amides is 1. The van der Waals surface area contributed by atoms with Crippen LogP contribution in [0.15, 0.2) is 6.07 Å². The molecule has 1 aromatic rings. The van der Waals surface area contributed by atoms with E-state index in [4.69, 9.17) is 0 Å². The minimum atomic E-state index is 0. The number of fused-ring (bicyclic) bond motifs is 1. The van der Waals surface area contributed by atoms with Crippen molar-refractivity contribution in [2.24, 2.45) is 11.8 Å². The molecule has 0 saturated carbocycles. The number of H-pyrrole nitrogens is 1. The number of aromatic nitrogens is 2. The molecule has 112 valence electrons. The van der Waals surface area contributed by atoms with Crippen molar-refractivity contribution in [1.29, 1.82) is 0 Å². The van der Waals surface area contributed by atoms with Crippen LogP contribution in [0.1, 0.15) is 35.9 Å². The first kappa shape index (κ1) is 15.3. The van der Waals surface area contributed by atoms with Crippen molar-refractivity contribution < 1.29 is 4.79 Å². The average Bonchev–Trinajstić information content (AvgIpc) is 3.04. The van der Waals surface area contributed by atoms with Gasteiger partial charge in [0, 0.05) is 18.8 Å². The van der Waals surface area contributed by atoms with Crippen molar-refractivity contribution in [2.45, 2.75) is 26.2 Å². The zero-order valence-corrected chi connectivity index (χ0v) is 12.7. The molecule has 0 radical (unpaired) electrons. The average molecular weight is 299 g/mol. The van der Waals surface area contributed by atoms with E-state index in [2.05, 4.69) is 22.4 Å². The van der Waals surface area contributed by atoms with Gasteiger partial charge in [0.1, 0.15) is 5.69 Å². The number of hydrogen-bond donors (Lipinski definition) is 2. The number of nitrogens with zero attached hydrogens (tertiary/aromatic N) is 2. The molecule has 0 unspecified atom stereocenters. The maximum Gasteiger partial charge on any atom is 0.274 e. The molecule has 2 saturated heterocycles. The number of aromatic amines is 1. The SMILES string of the molecule is CCc1cc(C(=O)N2CC[C@@H]3CNC[C@@H]3CC2)n[nH]1.Cl. The van der Waals surface area contributed by atoms with Crippen molar-refractivity contribution in [1.82, 2.24) is 20.4 Å². The van der Waals surface area contributed by atoms with E-state index in [0.717, 1.165) is 63.0 Å². The molecule has 5 nitrogen and oxygen atoms in total. The normalized spacial score (nSPS) is 25.8. The van der Waals surface area contributed by atoms with Crippen LogP contribution in [-0.2, 0) is 6.42 Å². The van der Waals surface area contributed by atoms with E-state index in [1.165, 1.54) is 0 Å². The van der Waals surface area contributed by atoms with Crippen LogP contribution in [0.5, 0.6) is 0 Å². The first-order valence-corrected chi connectivity index (χ1v) is 7.32. The Morgan fingerprint density at radius 3 is 2.55 bits per heavy atom. The van der Waals surface area contributed by atoms with Gasteiger partial charge in [-0.2, -0.15) is 5.10 Å². The zero-order chi connectivity index (χ0) is 13.2. The van der Waals surface area contributed by atoms with E-state index in [9.17, 15) is 4.79 Å². The highest BCUT2D eigenvalue weighted by atomic mass is 35.5. The number of nitrogens with one attached hydrogen (secondary N) is 2. The lowest BCUT2D eigenvalue weighted by Crippen LogP contribution is -2.33. The fourth-order valence-corrected chi connectivity index (χ4v) is 3.24. The summed E-state index contributed by atoms with van der Waals surface area (Å²) in [5.41, 5.74) is 1.60. The number of likely N-dealkylation sites (tertiary alicyclic amines) is 1. The molecule has 0 bridgehead atoms. The molecule has 1 amide bonds. The summed E-state index contributed by atoms with van der Waals surface area (Å²) < 4.78 is 0. The molecule has 2 N–H and O–H groups in total. The monoisotopic (exact) mass is 298 g/mol. The molecule has 0 spiro atoms. The topological polar surface area (TPSA) is 61.0 Å². The van der Waals surface area contributed by atoms with Crippen molar-refractivity contribution in [2.75, 3.05) is 26.2 Å². The largest absolute Gasteiger partial charge is 0.337 e. The number of hydrogen-bond acceptors (Lipinski definition) is 3. The summed E-state index contributed by atoms with van der Waals surface area (Å²) in [6.07, 6.45) is 3.12. The highest BCUT2D eigenvalue weighted by Crippen LogP contribution is 2.27. The first-order valence-electron chi connectivity index (χ1n) is 7.32. The predicted molar refractivity (Wildman–Crippen MR) is 80.2 cm³/mol. The molecule has 2 atom stereocenters. The molecular weight excluding hydrogens is 276 g/mol. The van der Waals surface area contributed by atoms with Crippen LogP contribution in [0, 0.1) is 11.8 Å². The molecule has 2 fully saturated rings. The number of carbonyl (C=O) groups is 1. The lowest BCUT2D eigenvalue weighted by atomic mass is 9.92. The first-order chi connectivity index (χ1) is 9.28. The van der Waals surface area contributed by atoms with Gasteiger partial charge in [0.15, 0.2) is 0 Å². The smallest absolute Gasteiger partial charge is 0.274 e. The Kier molecular flexibility index (Phi) is 5.05. The zero-order valence-electron chi connectivity index (χ0n) is 11.9. The Bertz CT molecular complexity index is 448. The van der Waals surface area contributed by atoms with Gasteiger partial charge < -0.3 is 10.2 Å². The van der Waals surface area contributed by atoms with E-state index in [0.29, 0.717) is 5.69 Å². The fourth-order valence-electron chi connectivity index (χ4n) is 3.24. The van der Waals surface area contributed by atoms with Gasteiger partial charge in [-0.1, -0.05) is 6.92 Å². The molecule has 6 heteroatoms. The van der Waals surface area contributed by atoms with Crippen LogP contribution >= 0.6 is 12.4 Å². The van der Waals surface area contributed by atoms with Crippen LogP contribution in [0.2, 0.25) is 0 Å². The lowest BCUT2D eigenvalue weighted by Gasteiger charge is -2.19. The molecule has 20 heavy (non-hydrogen) atoms. The van der Waals surface area contributed by atoms with Gasteiger partial charge in [-0.25, -0.2) is 0 Å². The number of carbonyl (C=O) groups excluding carboxylic acids is 1. The lowest BCUT2D eigenvalue weighted by molar-refractivity contribution is 0.0752. The second kappa shape index (κ2) is 6.59. The van der Waals surface area contributed by atoms with E-state index in [1.807, 2.05) is 11.0 Å². The molecule has 3 heterocycles. The molecular formula is C14H23ClN4O. The van der Waals surface area contributed by atoms with Crippen LogP contribution in [0.3, 0.4) is 0 Å². The number of halogens is 1. The summed E-state index contributed by atoms with van der Waals surface area (Å²) in [7, 11) is 0. The molecule has 3 rings (SSSR count). The van der Waals surface area contributed by atoms with Gasteiger partial charge in [-0.3, -0.25) is 9.89 Å². The van der Waals surface area contributed by atoms with Crippen molar-refractivity contribution in [3.8, 4) is 0 Å². The van der Waals surface area contributed by atoms with E-state index >= 15 is 0 Å². The third kappa shape index (κ3) is 2.99. The quantitative estimate of drug-likeness (QED) is 0.869. The second-order valence-corrected chi connectivity index (χ2v) is 5.68. The molecule has 1 aromatic heterocycles. The van der Waals surface area contributed by atoms with E-state index in [1.54, 1.807) is 0 Å². The summed E-state index contributed by atoms with van der Waals surface area (Å²) in [4.78, 5) is 14.4. The Morgan fingerprint density at radius 1 is 1.35 bits per heavy atom. The van der Waals surface area contributed by atoms with E-state index < -0.39 is 0 Å². The summed E-state index contributed by atoms with van der Waals surface area (Å²) in [5.74, 6) is 1.59. The van der Waals surface area contributed by atoms with Gasteiger partial charge in [0.25, 0.3) is 5.91 Å². The Balaban J connectivity index is 0.00000147. The second-order valence-electron chi connectivity index (χ2n) is 5.68. The van der Waals surface area contributed by atoms with Gasteiger partial charge in [0.05, 0.1) is 0 Å². The van der Waals surface area contributed by atoms with Crippen molar-refractivity contribution in [3.63, 3.8) is 0 Å². The van der Waals surface area contributed by atoms with Gasteiger partial charge in [0.2, 0.25) is 0 Å². The number of rotatable bonds is 2. The minimum absolute atomic E-state index is 0. The fraction of sp³-hybridized carbons (Fsp3) is 0.714. The summed E-state index contributed by atoms with van der Waals surface area (Å²) in [5, 5.41) is 10.5. The van der Waals surface area contributed by atoms with Crippen LogP contribution < -0.4 is 5.32 Å². The van der Waals surface area contributed by atoms with Crippen LogP contribution in [0.4, 0.5) is 0 Å². The predicted octanol–water partition coefficient (Wildman–Crippen LogP) is 1.47. The third-order valence-corrected chi connectivity index (χ3v) is 4.54. The van der Waals surface area contributed by atoms with Gasteiger partial charge in [-0.15, -0.1) is 12.4 Å². The van der Waals surface area contributed by atoms with Crippen LogP contribution in [-0.4, -0.2) is 47.2 Å². The standard InChI is InChI=1S/C14H22N4O.ClH/c1-2-12-7-13(17-16-12)14(19)18-5-3-10-8-15-9-11(10)4-6-18;/h7,10-11,15H,2-6,8-9H2,1H3,(H,16,17);1H/t10-,11+;. The third-order valence-electron chi connectivity index (χ3n) is 4.54. The highest BCUT2D eigenvalue weighted by molar-refractivity contribution is 5.92. The Hall–Kier alpha value is -1.07. The highest BCUT2D eigenvalue weighted by Gasteiger charge is 2.32. The van der Waals surface area contributed by atoms with E-state index in [-0.39, 0.29) is 18.3 Å². The van der Waals surface area contributed by atoms with Crippen molar-refractivity contribution >= 4 is 18.3 Å². The molecule has 2 aliphatic heterocycles.